The molecule has 0 unspecified atom stereocenters. The van der Waals surface area contributed by atoms with Gasteiger partial charge in [0.15, 0.2) is 0 Å². The van der Waals surface area contributed by atoms with Crippen molar-refractivity contribution in [3.63, 3.8) is 0 Å². The zero-order valence-corrected chi connectivity index (χ0v) is 47.4. The molecule has 70 heavy (non-hydrogen) atoms. The molecule has 4 aromatic heterocycles. The zero-order chi connectivity index (χ0) is 48.7. The van der Waals surface area contributed by atoms with Crippen LogP contribution in [-0.4, -0.2) is 27.0 Å². The number of hydrogen-bond donors (Lipinski definition) is 0. The Morgan fingerprint density at radius 1 is 0.357 bits per heavy atom. The van der Waals surface area contributed by atoms with E-state index in [1.54, 1.807) is 34.8 Å². The summed E-state index contributed by atoms with van der Waals surface area (Å²) in [6, 6.07) is 41.8. The van der Waals surface area contributed by atoms with E-state index in [1.807, 2.05) is 34.8 Å². The van der Waals surface area contributed by atoms with Crippen LogP contribution in [0.5, 0.6) is 17.2 Å². The molecule has 4 heterocycles. The Bertz CT molecular complexity index is 2270. The zero-order valence-electron chi connectivity index (χ0n) is 41.0. The first-order valence-corrected chi connectivity index (χ1v) is 30.1. The number of benzene rings is 3. The van der Waals surface area contributed by atoms with E-state index in [1.165, 1.54) is 144 Å². The first-order chi connectivity index (χ1) is 33.9. The Morgan fingerprint density at radius 3 is 0.957 bits per heavy atom. The van der Waals surface area contributed by atoms with E-state index in [9.17, 15) is 4.70 Å². The number of ether oxygens (including phenoxy) is 3. The molecule has 7 rings (SSSR count). The molecule has 0 bridgehead atoms. The minimum atomic E-state index is 0. The maximum atomic E-state index is 10.5. The molecule has 0 radical (unpaired) electrons. The van der Waals surface area contributed by atoms with E-state index in [0.29, 0.717) is 5.46 Å². The van der Waals surface area contributed by atoms with E-state index >= 15 is 0 Å². The fraction of sp³-hybridized carbons (Fsp3) is 0.424. The van der Waals surface area contributed by atoms with Gasteiger partial charge in [-0.15, -0.1) is 45.3 Å². The van der Waals surface area contributed by atoms with Gasteiger partial charge in [-0.2, -0.15) is 0 Å². The van der Waals surface area contributed by atoms with Crippen molar-refractivity contribution < 1.29 is 18.9 Å². The molecule has 0 aliphatic heterocycles. The summed E-state index contributed by atoms with van der Waals surface area (Å²) in [6.07, 6.45) is 23.1. The third kappa shape index (κ3) is 22.6. The van der Waals surface area contributed by atoms with Gasteiger partial charge in [0.1, 0.15) is 11.5 Å². The van der Waals surface area contributed by atoms with Crippen molar-refractivity contribution in [1.29, 1.82) is 0 Å². The topological polar surface area (TPSA) is 44.8 Å². The number of thiophene rings is 4. The van der Waals surface area contributed by atoms with Crippen LogP contribution in [0.25, 0.3) is 40.4 Å². The molecular weight excluding hydrogens is 1070 g/mol. The summed E-state index contributed by atoms with van der Waals surface area (Å²) < 4.78 is 30.4. The van der Waals surface area contributed by atoms with E-state index in [2.05, 4.69) is 150 Å². The summed E-state index contributed by atoms with van der Waals surface area (Å²) in [5.74, 6) is 2.79. The van der Waals surface area contributed by atoms with Crippen molar-refractivity contribution in [3.05, 3.63) is 129 Å². The average molecular weight is 1150 g/mol. The van der Waals surface area contributed by atoms with E-state index in [-0.39, 0.29) is 7.43 Å². The van der Waals surface area contributed by atoms with Crippen molar-refractivity contribution in [3.8, 4) is 57.6 Å². The SMILES string of the molecule is Brc1ccc(-c2ccc(Br)s2)s1.C.CCCCCCCCOc1ccc(-c2ccc(-c3ccc(-c4ccc(OCCCCCCCC)cc4)s3)s2)cc1.CCCCCCCCOc1ccc(B=O)cc1. The second kappa shape index (κ2) is 35.7. The van der Waals surface area contributed by atoms with Gasteiger partial charge in [-0.3, -0.25) is 0 Å². The third-order valence-corrected chi connectivity index (χ3v) is 17.3. The predicted octanol–water partition coefficient (Wildman–Crippen LogP) is 21.0. The molecule has 0 saturated carbocycles. The van der Waals surface area contributed by atoms with Gasteiger partial charge in [-0.05, 0) is 153 Å². The Labute approximate surface area is 455 Å². The second-order valence-corrected chi connectivity index (χ2v) is 24.2. The van der Waals surface area contributed by atoms with Gasteiger partial charge in [0.05, 0.1) is 20.8 Å². The monoisotopic (exact) mass is 1140 g/mol. The molecular formula is C59H75BBr2O4S4. The van der Waals surface area contributed by atoms with Crippen molar-refractivity contribution in [1.82, 2.24) is 0 Å². The molecule has 3 aromatic carbocycles. The molecule has 0 saturated heterocycles. The van der Waals surface area contributed by atoms with Crippen LogP contribution in [0.3, 0.4) is 0 Å². The maximum absolute atomic E-state index is 10.5. The van der Waals surface area contributed by atoms with Crippen LogP contribution in [0.2, 0.25) is 0 Å². The summed E-state index contributed by atoms with van der Waals surface area (Å²) in [5, 5.41) is 0. The molecule has 0 spiro atoms. The van der Waals surface area contributed by atoms with Gasteiger partial charge in [0, 0.05) is 29.3 Å². The fourth-order valence-corrected chi connectivity index (χ4v) is 12.4. The summed E-state index contributed by atoms with van der Waals surface area (Å²) in [7, 11) is 0.845. The van der Waals surface area contributed by atoms with Gasteiger partial charge in [-0.1, -0.05) is 92.4 Å². The number of hydrogen-bond acceptors (Lipinski definition) is 8. The van der Waals surface area contributed by atoms with Crippen LogP contribution >= 0.6 is 77.2 Å². The summed E-state index contributed by atoms with van der Waals surface area (Å²) in [6.45, 7) is 9.14. The Balaban J connectivity index is 0.000000289. The minimum absolute atomic E-state index is 0. The number of rotatable bonds is 29. The predicted molar refractivity (Wildman–Crippen MR) is 317 cm³/mol. The van der Waals surface area contributed by atoms with Crippen LogP contribution in [0.15, 0.2) is 129 Å². The third-order valence-electron chi connectivity index (χ3n) is 11.4. The summed E-state index contributed by atoms with van der Waals surface area (Å²) in [5.41, 5.74) is 3.19. The van der Waals surface area contributed by atoms with Gasteiger partial charge in [0.2, 0.25) is 0 Å². The molecule has 11 heteroatoms. The second-order valence-electron chi connectivity index (χ2n) is 17.1. The van der Waals surface area contributed by atoms with Gasteiger partial charge >= 0.3 is 97.2 Å². The molecule has 376 valence electrons. The molecule has 0 aliphatic carbocycles. The first kappa shape index (κ1) is 59.2. The van der Waals surface area contributed by atoms with Crippen molar-refractivity contribution in [2.75, 3.05) is 19.8 Å². The normalized spacial score (nSPS) is 10.6. The molecule has 0 amide bonds. The van der Waals surface area contributed by atoms with Crippen LogP contribution in [0.1, 0.15) is 144 Å². The molecule has 4 nitrogen and oxygen atoms in total. The van der Waals surface area contributed by atoms with Gasteiger partial charge in [0.25, 0.3) is 0 Å². The van der Waals surface area contributed by atoms with Crippen LogP contribution < -0.4 is 19.7 Å². The van der Waals surface area contributed by atoms with Crippen molar-refractivity contribution in [2.24, 2.45) is 0 Å². The van der Waals surface area contributed by atoms with Gasteiger partial charge in [-0.25, -0.2) is 0 Å². The molecule has 0 N–H and O–H groups in total. The van der Waals surface area contributed by atoms with Crippen molar-refractivity contribution >= 4 is 89.8 Å². The van der Waals surface area contributed by atoms with Crippen molar-refractivity contribution in [2.45, 2.75) is 144 Å². The summed E-state index contributed by atoms with van der Waals surface area (Å²) in [4.78, 5) is 7.84. The molecule has 7 aromatic rings. The van der Waals surface area contributed by atoms with Crippen LogP contribution in [-0.2, 0) is 4.70 Å². The quantitative estimate of drug-likeness (QED) is 0.0346. The fourth-order valence-electron chi connectivity index (χ4n) is 7.44. The average Bonchev–Trinajstić information content (AvgIpc) is 4.23. The summed E-state index contributed by atoms with van der Waals surface area (Å²) >= 11 is 14.1. The molecule has 0 aliphatic rings. The van der Waals surface area contributed by atoms with E-state index in [0.717, 1.165) is 63.5 Å². The van der Waals surface area contributed by atoms with Crippen LogP contribution in [0.4, 0.5) is 0 Å². The molecule has 0 atom stereocenters. The van der Waals surface area contributed by atoms with E-state index in [4.69, 9.17) is 14.2 Å². The first-order valence-electron chi connectivity index (χ1n) is 25.2. The Morgan fingerprint density at radius 2 is 0.643 bits per heavy atom. The molecule has 0 fully saturated rings. The van der Waals surface area contributed by atoms with Gasteiger partial charge < -0.3 is 9.47 Å². The number of halogens is 2. The Kier molecular flexibility index (Phi) is 30.3. The number of unbranched alkanes of at least 4 members (excludes halogenated alkanes) is 15. The van der Waals surface area contributed by atoms with Crippen LogP contribution in [0, 0.1) is 0 Å². The standard InChI is InChI=1S/C36H46O2S2.C14H21BO2.C8H4Br2S2.CH4/c1-3-5-7-9-11-13-27-37-31-19-15-29(16-20-31)33-23-25-35(39-33)36-26-24-34(40-36)30-17-21-32(22-18-30)38-28-14-12-10-8-6-4-2;1-2-3-4-5-6-7-12-17-14-10-8-13(15-16)9-11-14;9-7-3-1-5(11-7)6-2-4-8(10)12-6;/h15-26H,3-14,27-28H2,1-2H3;8-11H,2-7,12H2,1H3;1-4H;1H4. The Hall–Kier alpha value is -3.32. The van der Waals surface area contributed by atoms with E-state index < -0.39 is 0 Å².